The van der Waals surface area contributed by atoms with Crippen molar-refractivity contribution in [3.8, 4) is 0 Å². The molecule has 2 rings (SSSR count). The van der Waals surface area contributed by atoms with E-state index in [1.54, 1.807) is 0 Å². The normalized spacial score (nSPS) is 11.0. The maximum Gasteiger partial charge on any atom is 0.335 e. The van der Waals surface area contributed by atoms with Crippen LogP contribution in [0.15, 0.2) is 47.6 Å². The first-order valence-corrected chi connectivity index (χ1v) is 6.94. The molecular formula is C12H11N3O4S. The molecule has 0 aliphatic heterocycles. The number of carbonyl (C=O) groups is 1. The fourth-order valence-corrected chi connectivity index (χ4v) is 2.73. The van der Waals surface area contributed by atoms with Gasteiger partial charge in [-0.15, -0.1) is 0 Å². The van der Waals surface area contributed by atoms with Gasteiger partial charge in [0.1, 0.15) is 4.90 Å². The van der Waals surface area contributed by atoms with Crippen LogP contribution in [0.5, 0.6) is 0 Å². The van der Waals surface area contributed by atoms with E-state index in [-0.39, 0.29) is 16.1 Å². The molecule has 1 heterocycles. The SMILES string of the molecule is Nc1cc(C(=O)O)ccc1S(=O)(=O)Nc1ccncc1. The van der Waals surface area contributed by atoms with Gasteiger partial charge in [0.15, 0.2) is 0 Å². The van der Waals surface area contributed by atoms with Crippen molar-refractivity contribution < 1.29 is 18.3 Å². The second-order valence-electron chi connectivity index (χ2n) is 3.90. The van der Waals surface area contributed by atoms with Crippen LogP contribution in [0.2, 0.25) is 0 Å². The summed E-state index contributed by atoms with van der Waals surface area (Å²) in [4.78, 5) is 14.4. The maximum absolute atomic E-state index is 12.1. The van der Waals surface area contributed by atoms with Crippen molar-refractivity contribution in [2.75, 3.05) is 10.5 Å². The standard InChI is InChI=1S/C12H11N3O4S/c13-10-7-8(12(16)17)1-2-11(10)20(18,19)15-9-3-5-14-6-4-9/h1-7H,13H2,(H,14,15)(H,16,17). The average molecular weight is 293 g/mol. The van der Waals surface area contributed by atoms with Gasteiger partial charge in [0.25, 0.3) is 10.0 Å². The van der Waals surface area contributed by atoms with Crippen LogP contribution < -0.4 is 10.5 Å². The van der Waals surface area contributed by atoms with E-state index in [2.05, 4.69) is 9.71 Å². The zero-order chi connectivity index (χ0) is 14.8. The molecule has 0 amide bonds. The monoisotopic (exact) mass is 293 g/mol. The zero-order valence-electron chi connectivity index (χ0n) is 10.1. The van der Waals surface area contributed by atoms with E-state index in [0.29, 0.717) is 5.69 Å². The summed E-state index contributed by atoms with van der Waals surface area (Å²) in [5, 5.41) is 8.81. The van der Waals surface area contributed by atoms with Crippen molar-refractivity contribution in [2.45, 2.75) is 4.90 Å². The average Bonchev–Trinajstić information content (AvgIpc) is 2.38. The van der Waals surface area contributed by atoms with Crippen LogP contribution in [0.1, 0.15) is 10.4 Å². The Labute approximate surface area is 115 Å². The summed E-state index contributed by atoms with van der Waals surface area (Å²) in [7, 11) is -3.88. The lowest BCUT2D eigenvalue weighted by atomic mass is 10.2. The molecule has 8 heteroatoms. The number of aromatic carboxylic acids is 1. The summed E-state index contributed by atoms with van der Waals surface area (Å²) in [5.74, 6) is -1.18. The lowest BCUT2D eigenvalue weighted by Gasteiger charge is -2.10. The van der Waals surface area contributed by atoms with Crippen molar-refractivity contribution in [1.29, 1.82) is 0 Å². The van der Waals surface area contributed by atoms with Gasteiger partial charge in [-0.05, 0) is 30.3 Å². The molecule has 0 aliphatic rings. The van der Waals surface area contributed by atoms with Gasteiger partial charge in [0.2, 0.25) is 0 Å². The highest BCUT2D eigenvalue weighted by atomic mass is 32.2. The second kappa shape index (κ2) is 5.17. The van der Waals surface area contributed by atoms with Gasteiger partial charge in [-0.25, -0.2) is 13.2 Å². The number of hydrogen-bond donors (Lipinski definition) is 3. The van der Waals surface area contributed by atoms with E-state index in [9.17, 15) is 13.2 Å². The largest absolute Gasteiger partial charge is 0.478 e. The van der Waals surface area contributed by atoms with Gasteiger partial charge in [-0.2, -0.15) is 0 Å². The van der Waals surface area contributed by atoms with Crippen LogP contribution in [0, 0.1) is 0 Å². The number of nitrogens with two attached hydrogens (primary N) is 1. The molecule has 0 spiro atoms. The Morgan fingerprint density at radius 3 is 2.40 bits per heavy atom. The minimum absolute atomic E-state index is 0.0784. The van der Waals surface area contributed by atoms with Crippen LogP contribution >= 0.6 is 0 Å². The molecule has 1 aromatic carbocycles. The number of benzene rings is 1. The Hall–Kier alpha value is -2.61. The van der Waals surface area contributed by atoms with Crippen LogP contribution in [-0.2, 0) is 10.0 Å². The molecule has 0 radical (unpaired) electrons. The predicted molar refractivity (Wildman–Crippen MR) is 72.9 cm³/mol. The Morgan fingerprint density at radius 1 is 1.20 bits per heavy atom. The Bertz CT molecular complexity index is 745. The molecule has 104 valence electrons. The molecule has 0 saturated carbocycles. The Kier molecular flexibility index (Phi) is 3.57. The van der Waals surface area contributed by atoms with Crippen molar-refractivity contribution in [1.82, 2.24) is 4.98 Å². The zero-order valence-corrected chi connectivity index (χ0v) is 11.0. The van der Waals surface area contributed by atoms with Crippen molar-refractivity contribution in [2.24, 2.45) is 0 Å². The highest BCUT2D eigenvalue weighted by molar-refractivity contribution is 7.92. The number of rotatable bonds is 4. The van der Waals surface area contributed by atoms with Crippen LogP contribution in [0.4, 0.5) is 11.4 Å². The lowest BCUT2D eigenvalue weighted by molar-refractivity contribution is 0.0697. The summed E-state index contributed by atoms with van der Waals surface area (Å²) in [6.07, 6.45) is 2.88. The molecule has 0 bridgehead atoms. The number of nitrogens with zero attached hydrogens (tertiary/aromatic N) is 1. The molecule has 2 aromatic rings. The highest BCUT2D eigenvalue weighted by Gasteiger charge is 2.18. The quantitative estimate of drug-likeness (QED) is 0.727. The number of carboxylic acid groups (broad SMARTS) is 1. The van der Waals surface area contributed by atoms with E-state index < -0.39 is 16.0 Å². The summed E-state index contributed by atoms with van der Waals surface area (Å²) < 4.78 is 26.6. The Morgan fingerprint density at radius 2 is 1.85 bits per heavy atom. The van der Waals surface area contributed by atoms with Gasteiger partial charge >= 0.3 is 5.97 Å². The number of nitrogens with one attached hydrogen (secondary N) is 1. The molecule has 20 heavy (non-hydrogen) atoms. The number of sulfonamides is 1. The molecule has 0 unspecified atom stereocenters. The number of carboxylic acids is 1. The summed E-state index contributed by atoms with van der Waals surface area (Å²) in [6.45, 7) is 0. The number of pyridine rings is 1. The highest BCUT2D eigenvalue weighted by Crippen LogP contribution is 2.22. The third-order valence-electron chi connectivity index (χ3n) is 2.48. The van der Waals surface area contributed by atoms with Gasteiger partial charge in [0.05, 0.1) is 16.9 Å². The van der Waals surface area contributed by atoms with Gasteiger partial charge in [-0.3, -0.25) is 9.71 Å². The van der Waals surface area contributed by atoms with Gasteiger partial charge < -0.3 is 10.8 Å². The molecule has 1 aromatic heterocycles. The first-order chi connectivity index (χ1) is 9.40. The Balaban J connectivity index is 2.37. The van der Waals surface area contributed by atoms with Gasteiger partial charge in [0, 0.05) is 12.4 Å². The third-order valence-corrected chi connectivity index (χ3v) is 3.93. The first-order valence-electron chi connectivity index (χ1n) is 5.46. The van der Waals surface area contributed by atoms with E-state index in [1.807, 2.05) is 0 Å². The topological polar surface area (TPSA) is 122 Å². The molecular weight excluding hydrogens is 282 g/mol. The first kappa shape index (κ1) is 13.8. The number of nitrogen functional groups attached to an aromatic ring is 1. The smallest absolute Gasteiger partial charge is 0.335 e. The maximum atomic E-state index is 12.1. The number of anilines is 2. The van der Waals surface area contributed by atoms with Crippen molar-refractivity contribution in [3.63, 3.8) is 0 Å². The third kappa shape index (κ3) is 2.86. The number of aromatic nitrogens is 1. The van der Waals surface area contributed by atoms with E-state index in [0.717, 1.165) is 12.1 Å². The van der Waals surface area contributed by atoms with Crippen molar-refractivity contribution >= 4 is 27.4 Å². The molecule has 0 atom stereocenters. The summed E-state index contributed by atoms with van der Waals surface area (Å²) in [5.41, 5.74) is 5.73. The van der Waals surface area contributed by atoms with Gasteiger partial charge in [-0.1, -0.05) is 0 Å². The van der Waals surface area contributed by atoms with E-state index in [1.165, 1.54) is 30.6 Å². The van der Waals surface area contributed by atoms with E-state index >= 15 is 0 Å². The molecule has 0 fully saturated rings. The lowest BCUT2D eigenvalue weighted by Crippen LogP contribution is -2.15. The van der Waals surface area contributed by atoms with Crippen LogP contribution in [0.3, 0.4) is 0 Å². The van der Waals surface area contributed by atoms with Crippen molar-refractivity contribution in [3.05, 3.63) is 48.3 Å². The minimum Gasteiger partial charge on any atom is -0.478 e. The summed E-state index contributed by atoms with van der Waals surface area (Å²) >= 11 is 0. The van der Waals surface area contributed by atoms with Crippen LogP contribution in [0.25, 0.3) is 0 Å². The van der Waals surface area contributed by atoms with Crippen LogP contribution in [-0.4, -0.2) is 24.5 Å². The predicted octanol–water partition coefficient (Wildman–Crippen LogP) is 1.16. The molecule has 4 N–H and O–H groups in total. The fourth-order valence-electron chi connectivity index (χ4n) is 1.56. The second-order valence-corrected chi connectivity index (χ2v) is 5.55. The molecule has 0 aliphatic carbocycles. The minimum atomic E-state index is -3.88. The molecule has 7 nitrogen and oxygen atoms in total. The summed E-state index contributed by atoms with van der Waals surface area (Å²) in [6, 6.07) is 6.41. The number of hydrogen-bond acceptors (Lipinski definition) is 5. The molecule has 0 saturated heterocycles. The fraction of sp³-hybridized carbons (Fsp3) is 0. The van der Waals surface area contributed by atoms with E-state index in [4.69, 9.17) is 10.8 Å².